The van der Waals surface area contributed by atoms with Gasteiger partial charge < -0.3 is 10.1 Å². The molecule has 0 saturated heterocycles. The zero-order valence-corrected chi connectivity index (χ0v) is 13.0. The van der Waals surface area contributed by atoms with E-state index in [1.54, 1.807) is 20.8 Å². The van der Waals surface area contributed by atoms with Crippen molar-refractivity contribution >= 4 is 16.1 Å². The molecule has 0 heterocycles. The van der Waals surface area contributed by atoms with Crippen LogP contribution in [-0.2, 0) is 14.8 Å². The molecule has 0 aliphatic rings. The molecule has 1 rings (SSSR count). The van der Waals surface area contributed by atoms with Gasteiger partial charge in [-0.05, 0) is 39.0 Å². The molecule has 0 aromatic heterocycles. The molecule has 118 valence electrons. The molecule has 0 spiro atoms. The fourth-order valence-corrected chi connectivity index (χ4v) is 2.44. The van der Waals surface area contributed by atoms with Gasteiger partial charge in [0.1, 0.15) is 11.4 Å². The maximum absolute atomic E-state index is 13.0. The molecule has 1 amide bonds. The molecule has 1 aromatic rings. The van der Waals surface area contributed by atoms with E-state index >= 15 is 0 Å². The van der Waals surface area contributed by atoms with E-state index in [4.69, 9.17) is 4.74 Å². The van der Waals surface area contributed by atoms with Gasteiger partial charge in [-0.2, -0.15) is 0 Å². The van der Waals surface area contributed by atoms with Gasteiger partial charge in [-0.25, -0.2) is 22.3 Å². The third-order valence-electron chi connectivity index (χ3n) is 2.19. The van der Waals surface area contributed by atoms with Crippen molar-refractivity contribution in [1.29, 1.82) is 0 Å². The lowest BCUT2D eigenvalue weighted by molar-refractivity contribution is 0.0529. The Morgan fingerprint density at radius 2 is 1.95 bits per heavy atom. The van der Waals surface area contributed by atoms with Gasteiger partial charge in [0.2, 0.25) is 10.0 Å². The summed E-state index contributed by atoms with van der Waals surface area (Å²) in [6.07, 6.45) is -0.632. The molecule has 21 heavy (non-hydrogen) atoms. The number of carbonyl (C=O) groups excluding carboxylic acids is 1. The van der Waals surface area contributed by atoms with Gasteiger partial charge in [0, 0.05) is 13.1 Å². The predicted molar refractivity (Wildman–Crippen MR) is 75.8 cm³/mol. The van der Waals surface area contributed by atoms with Gasteiger partial charge in [0.25, 0.3) is 0 Å². The van der Waals surface area contributed by atoms with Crippen molar-refractivity contribution in [2.24, 2.45) is 0 Å². The molecular formula is C13H19FN2O4S. The normalized spacial score (nSPS) is 12.0. The average Bonchev–Trinajstić information content (AvgIpc) is 2.32. The maximum Gasteiger partial charge on any atom is 0.407 e. The second-order valence-electron chi connectivity index (χ2n) is 5.28. The summed E-state index contributed by atoms with van der Waals surface area (Å²) in [4.78, 5) is 11.2. The van der Waals surface area contributed by atoms with Crippen molar-refractivity contribution in [2.75, 3.05) is 13.1 Å². The van der Waals surface area contributed by atoms with E-state index in [2.05, 4.69) is 10.0 Å². The number of nitrogens with one attached hydrogen (secondary N) is 2. The van der Waals surface area contributed by atoms with E-state index < -0.39 is 27.5 Å². The summed E-state index contributed by atoms with van der Waals surface area (Å²) in [5.41, 5.74) is -0.620. The first-order valence-electron chi connectivity index (χ1n) is 6.32. The molecule has 0 unspecified atom stereocenters. The number of carbonyl (C=O) groups is 1. The van der Waals surface area contributed by atoms with E-state index in [9.17, 15) is 17.6 Å². The predicted octanol–water partition coefficient (Wildman–Crippen LogP) is 1.63. The lowest BCUT2D eigenvalue weighted by atomic mass is 10.2. The van der Waals surface area contributed by atoms with Gasteiger partial charge in [-0.1, -0.05) is 6.07 Å². The molecule has 0 atom stereocenters. The van der Waals surface area contributed by atoms with Crippen molar-refractivity contribution < 1.29 is 22.3 Å². The summed E-state index contributed by atoms with van der Waals surface area (Å²) >= 11 is 0. The second kappa shape index (κ2) is 6.86. The van der Waals surface area contributed by atoms with Crippen LogP contribution < -0.4 is 10.0 Å². The van der Waals surface area contributed by atoms with Crippen molar-refractivity contribution in [1.82, 2.24) is 10.0 Å². The highest BCUT2D eigenvalue weighted by Gasteiger charge is 2.17. The summed E-state index contributed by atoms with van der Waals surface area (Å²) in [6, 6.07) is 4.67. The zero-order valence-electron chi connectivity index (χ0n) is 12.1. The molecule has 0 fully saturated rings. The third-order valence-corrected chi connectivity index (χ3v) is 3.65. The molecule has 0 radical (unpaired) electrons. The highest BCUT2D eigenvalue weighted by atomic mass is 32.2. The van der Waals surface area contributed by atoms with Crippen LogP contribution in [0.2, 0.25) is 0 Å². The lowest BCUT2D eigenvalue weighted by Crippen LogP contribution is -2.37. The lowest BCUT2D eigenvalue weighted by Gasteiger charge is -2.19. The fraction of sp³-hybridized carbons (Fsp3) is 0.462. The molecular weight excluding hydrogens is 299 g/mol. The van der Waals surface area contributed by atoms with Crippen LogP contribution in [0.3, 0.4) is 0 Å². The van der Waals surface area contributed by atoms with Crippen LogP contribution in [0.5, 0.6) is 0 Å². The van der Waals surface area contributed by atoms with E-state index in [1.165, 1.54) is 12.1 Å². The number of amides is 1. The summed E-state index contributed by atoms with van der Waals surface area (Å²) in [6.45, 7) is 5.19. The number of ether oxygens (including phenoxy) is 1. The Bertz CT molecular complexity index is 596. The largest absolute Gasteiger partial charge is 0.444 e. The zero-order chi connectivity index (χ0) is 16.1. The van der Waals surface area contributed by atoms with Crippen LogP contribution >= 0.6 is 0 Å². The average molecular weight is 318 g/mol. The quantitative estimate of drug-likeness (QED) is 0.808. The van der Waals surface area contributed by atoms with Gasteiger partial charge >= 0.3 is 6.09 Å². The minimum absolute atomic E-state index is 0.0297. The van der Waals surface area contributed by atoms with E-state index in [0.29, 0.717) is 0 Å². The number of benzene rings is 1. The summed E-state index contributed by atoms with van der Waals surface area (Å²) in [7, 11) is -3.80. The number of alkyl carbamates (subject to hydrolysis) is 1. The molecule has 0 aliphatic heterocycles. The van der Waals surface area contributed by atoms with Crippen molar-refractivity contribution in [3.05, 3.63) is 30.1 Å². The Balaban J connectivity index is 2.44. The first-order valence-corrected chi connectivity index (χ1v) is 7.80. The van der Waals surface area contributed by atoms with Crippen molar-refractivity contribution in [3.63, 3.8) is 0 Å². The standard InChI is InChI=1S/C13H19FN2O4S/c1-13(2,3)20-12(17)15-7-8-16-21(18,19)11-6-4-5-10(14)9-11/h4-6,9,16H,7-8H2,1-3H3,(H,15,17). The fourth-order valence-electron chi connectivity index (χ4n) is 1.38. The number of hydrogen-bond acceptors (Lipinski definition) is 4. The molecule has 0 saturated carbocycles. The van der Waals surface area contributed by atoms with Gasteiger partial charge in [-0.15, -0.1) is 0 Å². The van der Waals surface area contributed by atoms with Gasteiger partial charge in [-0.3, -0.25) is 0 Å². The Kier molecular flexibility index (Phi) is 5.68. The topological polar surface area (TPSA) is 84.5 Å². The van der Waals surface area contributed by atoms with Crippen LogP contribution in [0.4, 0.5) is 9.18 Å². The van der Waals surface area contributed by atoms with E-state index in [1.807, 2.05) is 0 Å². The third kappa shape index (κ3) is 6.54. The Morgan fingerprint density at radius 3 is 2.52 bits per heavy atom. The smallest absolute Gasteiger partial charge is 0.407 e. The molecule has 0 bridgehead atoms. The van der Waals surface area contributed by atoms with Crippen molar-refractivity contribution in [2.45, 2.75) is 31.3 Å². The number of halogens is 1. The van der Waals surface area contributed by atoms with E-state index in [0.717, 1.165) is 12.1 Å². The summed E-state index contributed by atoms with van der Waals surface area (Å²) < 4.78 is 43.9. The second-order valence-corrected chi connectivity index (χ2v) is 7.05. The molecule has 6 nitrogen and oxygen atoms in total. The summed E-state index contributed by atoms with van der Waals surface area (Å²) in [5, 5.41) is 2.41. The highest BCUT2D eigenvalue weighted by Crippen LogP contribution is 2.09. The molecule has 8 heteroatoms. The van der Waals surface area contributed by atoms with Gasteiger partial charge in [0.15, 0.2) is 0 Å². The Morgan fingerprint density at radius 1 is 1.29 bits per heavy atom. The van der Waals surface area contributed by atoms with Crippen LogP contribution in [-0.4, -0.2) is 33.2 Å². The first-order chi connectivity index (χ1) is 9.60. The number of sulfonamides is 1. The minimum Gasteiger partial charge on any atom is -0.444 e. The minimum atomic E-state index is -3.80. The SMILES string of the molecule is CC(C)(C)OC(=O)NCCNS(=O)(=O)c1cccc(F)c1. The maximum atomic E-state index is 13.0. The van der Waals surface area contributed by atoms with Crippen LogP contribution in [0.25, 0.3) is 0 Å². The molecule has 2 N–H and O–H groups in total. The van der Waals surface area contributed by atoms with Gasteiger partial charge in [0.05, 0.1) is 4.90 Å². The van der Waals surface area contributed by atoms with Crippen molar-refractivity contribution in [3.8, 4) is 0 Å². The first kappa shape index (κ1) is 17.4. The molecule has 0 aliphatic carbocycles. The number of rotatable bonds is 5. The highest BCUT2D eigenvalue weighted by molar-refractivity contribution is 7.89. The van der Waals surface area contributed by atoms with E-state index in [-0.39, 0.29) is 18.0 Å². The Hall–Kier alpha value is -1.67. The summed E-state index contributed by atoms with van der Waals surface area (Å²) in [5.74, 6) is -0.634. The van der Waals surface area contributed by atoms with Crippen LogP contribution in [0.15, 0.2) is 29.2 Å². The van der Waals surface area contributed by atoms with Crippen LogP contribution in [0, 0.1) is 5.82 Å². The monoisotopic (exact) mass is 318 g/mol. The van der Waals surface area contributed by atoms with Crippen LogP contribution in [0.1, 0.15) is 20.8 Å². The number of hydrogen-bond donors (Lipinski definition) is 2. The Labute approximate surface area is 123 Å². The molecule has 1 aromatic carbocycles.